The number of H-pyrrole nitrogens is 1. The van der Waals surface area contributed by atoms with Gasteiger partial charge in [0.25, 0.3) is 0 Å². The van der Waals surface area contributed by atoms with Gasteiger partial charge in [-0.2, -0.15) is 0 Å². The third-order valence-corrected chi connectivity index (χ3v) is 5.78. The van der Waals surface area contributed by atoms with E-state index in [1.807, 2.05) is 30.3 Å². The van der Waals surface area contributed by atoms with Gasteiger partial charge in [0.15, 0.2) is 0 Å². The van der Waals surface area contributed by atoms with Gasteiger partial charge in [-0.05, 0) is 24.8 Å². The monoisotopic (exact) mass is 441 g/mol. The minimum absolute atomic E-state index is 0.229. The standard InChI is InChI=1S/C23H31N5O4/c1-27(20(22(30)32-2)14-18-15-24-16-25-18)21(29)19(13-17-9-5-3-6-10-17)26-23(31)28-11-7-4-8-12-28/h3,5-6,9-10,15-16,19-20H,4,7-8,11-14H2,1-2H3,(H,24,25)(H,26,31)/t19-,20-/m0/s1. The van der Waals surface area contributed by atoms with Crippen LogP contribution in [-0.4, -0.2) is 77.0 Å². The molecule has 2 atom stereocenters. The quantitative estimate of drug-likeness (QED) is 0.607. The summed E-state index contributed by atoms with van der Waals surface area (Å²) in [4.78, 5) is 48.9. The molecule has 9 nitrogen and oxygen atoms in total. The van der Waals surface area contributed by atoms with Crippen LogP contribution in [0.3, 0.4) is 0 Å². The van der Waals surface area contributed by atoms with Gasteiger partial charge in [-0.1, -0.05) is 30.3 Å². The number of rotatable bonds is 8. The van der Waals surface area contributed by atoms with Crippen molar-refractivity contribution in [3.05, 3.63) is 54.1 Å². The topological polar surface area (TPSA) is 108 Å². The van der Waals surface area contributed by atoms with Gasteiger partial charge in [0.1, 0.15) is 12.1 Å². The summed E-state index contributed by atoms with van der Waals surface area (Å²) in [5.41, 5.74) is 1.62. The molecule has 1 saturated heterocycles. The number of nitrogens with zero attached hydrogens (tertiary/aromatic N) is 3. The first kappa shape index (κ1) is 23.3. The SMILES string of the molecule is COC(=O)[C@H](Cc1cnc[nH]1)N(C)C(=O)[C@H](Cc1ccccc1)NC(=O)N1CCCCC1. The number of imidazole rings is 1. The molecule has 2 heterocycles. The van der Waals surface area contributed by atoms with Crippen molar-refractivity contribution in [1.29, 1.82) is 0 Å². The fourth-order valence-electron chi connectivity index (χ4n) is 3.91. The second-order valence-electron chi connectivity index (χ2n) is 8.01. The summed E-state index contributed by atoms with van der Waals surface area (Å²) >= 11 is 0. The highest BCUT2D eigenvalue weighted by molar-refractivity contribution is 5.90. The smallest absolute Gasteiger partial charge is 0.328 e. The van der Waals surface area contributed by atoms with Crippen LogP contribution < -0.4 is 5.32 Å². The minimum Gasteiger partial charge on any atom is -0.467 e. The molecule has 2 aromatic rings. The van der Waals surface area contributed by atoms with E-state index < -0.39 is 18.1 Å². The van der Waals surface area contributed by atoms with E-state index in [1.54, 1.807) is 18.1 Å². The number of amides is 3. The minimum atomic E-state index is -0.849. The summed E-state index contributed by atoms with van der Waals surface area (Å²) in [5.74, 6) is -0.884. The van der Waals surface area contributed by atoms with Crippen molar-refractivity contribution in [1.82, 2.24) is 25.1 Å². The summed E-state index contributed by atoms with van der Waals surface area (Å²) in [6.07, 6.45) is 6.69. The van der Waals surface area contributed by atoms with Crippen LogP contribution in [0.15, 0.2) is 42.9 Å². The molecular weight excluding hydrogens is 410 g/mol. The molecule has 0 radical (unpaired) electrons. The van der Waals surface area contributed by atoms with Crippen LogP contribution in [0.4, 0.5) is 4.79 Å². The van der Waals surface area contributed by atoms with Crippen molar-refractivity contribution in [3.63, 3.8) is 0 Å². The molecule has 9 heteroatoms. The van der Waals surface area contributed by atoms with Crippen LogP contribution in [0.5, 0.6) is 0 Å². The van der Waals surface area contributed by atoms with Crippen molar-refractivity contribution in [2.45, 2.75) is 44.2 Å². The highest BCUT2D eigenvalue weighted by Crippen LogP contribution is 2.14. The van der Waals surface area contributed by atoms with Gasteiger partial charge in [0, 0.05) is 44.9 Å². The van der Waals surface area contributed by atoms with Gasteiger partial charge in [0.2, 0.25) is 5.91 Å². The molecule has 32 heavy (non-hydrogen) atoms. The zero-order valence-electron chi connectivity index (χ0n) is 18.6. The zero-order valence-corrected chi connectivity index (χ0v) is 18.6. The lowest BCUT2D eigenvalue weighted by Gasteiger charge is -2.32. The Hall–Kier alpha value is -3.36. The number of esters is 1. The number of benzene rings is 1. The first-order chi connectivity index (χ1) is 15.5. The molecule has 3 rings (SSSR count). The molecule has 1 aliphatic rings. The summed E-state index contributed by atoms with van der Waals surface area (Å²) in [6.45, 7) is 1.36. The number of likely N-dealkylation sites (N-methyl/N-ethyl adjacent to an activating group) is 1. The summed E-state index contributed by atoms with van der Waals surface area (Å²) in [5, 5.41) is 2.91. The third-order valence-electron chi connectivity index (χ3n) is 5.78. The number of methoxy groups -OCH3 is 1. The lowest BCUT2D eigenvalue weighted by atomic mass is 10.0. The molecule has 0 spiro atoms. The maximum atomic E-state index is 13.5. The van der Waals surface area contributed by atoms with Crippen molar-refractivity contribution >= 4 is 17.9 Å². The Morgan fingerprint density at radius 2 is 1.88 bits per heavy atom. The first-order valence-electron chi connectivity index (χ1n) is 10.9. The largest absolute Gasteiger partial charge is 0.467 e. The molecular formula is C23H31N5O4. The van der Waals surface area contributed by atoms with Gasteiger partial charge in [-0.25, -0.2) is 14.6 Å². The average molecular weight is 442 g/mol. The second-order valence-corrected chi connectivity index (χ2v) is 8.01. The Labute approximate surface area is 188 Å². The molecule has 172 valence electrons. The number of hydrogen-bond acceptors (Lipinski definition) is 5. The number of aromatic amines is 1. The molecule has 0 unspecified atom stereocenters. The third kappa shape index (κ3) is 6.09. The van der Waals surface area contributed by atoms with E-state index in [1.165, 1.54) is 18.3 Å². The Bertz CT molecular complexity index is 881. The zero-order chi connectivity index (χ0) is 22.9. The van der Waals surface area contributed by atoms with Crippen LogP contribution in [0.1, 0.15) is 30.5 Å². The maximum Gasteiger partial charge on any atom is 0.328 e. The van der Waals surface area contributed by atoms with E-state index in [2.05, 4.69) is 15.3 Å². The van der Waals surface area contributed by atoms with E-state index in [9.17, 15) is 14.4 Å². The number of likely N-dealkylation sites (tertiary alicyclic amines) is 1. The Morgan fingerprint density at radius 1 is 1.16 bits per heavy atom. The molecule has 3 amide bonds. The second kappa shape index (κ2) is 11.3. The van der Waals surface area contributed by atoms with E-state index in [-0.39, 0.29) is 18.4 Å². The maximum absolute atomic E-state index is 13.5. The van der Waals surface area contributed by atoms with Crippen molar-refractivity contribution in [2.75, 3.05) is 27.2 Å². The fourth-order valence-corrected chi connectivity index (χ4v) is 3.91. The highest BCUT2D eigenvalue weighted by Gasteiger charge is 2.34. The summed E-state index contributed by atoms with van der Waals surface area (Å²) < 4.78 is 4.94. The fraction of sp³-hybridized carbons (Fsp3) is 0.478. The molecule has 1 aliphatic heterocycles. The van der Waals surface area contributed by atoms with Crippen molar-refractivity contribution in [3.8, 4) is 0 Å². The van der Waals surface area contributed by atoms with Crippen LogP contribution in [0.25, 0.3) is 0 Å². The predicted octanol–water partition coefficient (Wildman–Crippen LogP) is 1.76. The molecule has 1 fully saturated rings. The number of ether oxygens (including phenoxy) is 1. The van der Waals surface area contributed by atoms with E-state index in [0.717, 1.165) is 24.8 Å². The number of urea groups is 1. The number of aromatic nitrogens is 2. The van der Waals surface area contributed by atoms with E-state index in [4.69, 9.17) is 4.74 Å². The van der Waals surface area contributed by atoms with Crippen LogP contribution in [0.2, 0.25) is 0 Å². The molecule has 1 aromatic heterocycles. The average Bonchev–Trinajstić information content (AvgIpc) is 3.35. The van der Waals surface area contributed by atoms with Gasteiger partial charge >= 0.3 is 12.0 Å². The number of hydrogen-bond donors (Lipinski definition) is 2. The number of carbonyl (C=O) groups excluding carboxylic acids is 3. The van der Waals surface area contributed by atoms with Gasteiger partial charge < -0.3 is 24.8 Å². The molecule has 0 bridgehead atoms. The van der Waals surface area contributed by atoms with Crippen LogP contribution in [-0.2, 0) is 27.2 Å². The highest BCUT2D eigenvalue weighted by atomic mass is 16.5. The van der Waals surface area contributed by atoms with Crippen molar-refractivity contribution in [2.24, 2.45) is 0 Å². The molecule has 0 saturated carbocycles. The first-order valence-corrected chi connectivity index (χ1v) is 10.9. The normalized spacial score (nSPS) is 15.5. The lowest BCUT2D eigenvalue weighted by Crippen LogP contribution is -2.56. The molecule has 2 N–H and O–H groups in total. The van der Waals surface area contributed by atoms with Crippen LogP contribution >= 0.6 is 0 Å². The number of carbonyl (C=O) groups is 3. The van der Waals surface area contributed by atoms with Gasteiger partial charge in [-0.3, -0.25) is 4.79 Å². The predicted molar refractivity (Wildman–Crippen MR) is 119 cm³/mol. The molecule has 0 aliphatic carbocycles. The van der Waals surface area contributed by atoms with Gasteiger partial charge in [0.05, 0.1) is 13.4 Å². The molecule has 1 aromatic carbocycles. The van der Waals surface area contributed by atoms with E-state index in [0.29, 0.717) is 25.2 Å². The lowest BCUT2D eigenvalue weighted by molar-refractivity contribution is -0.152. The van der Waals surface area contributed by atoms with E-state index >= 15 is 0 Å². The summed E-state index contributed by atoms with van der Waals surface area (Å²) in [7, 11) is 2.85. The van der Waals surface area contributed by atoms with Crippen molar-refractivity contribution < 1.29 is 19.1 Å². The Kier molecular flexibility index (Phi) is 8.24. The van der Waals surface area contributed by atoms with Gasteiger partial charge in [-0.15, -0.1) is 0 Å². The Morgan fingerprint density at radius 3 is 2.50 bits per heavy atom. The Balaban J connectivity index is 1.79. The van der Waals surface area contributed by atoms with Crippen LogP contribution in [0, 0.1) is 0 Å². The number of nitrogens with one attached hydrogen (secondary N) is 2. The summed E-state index contributed by atoms with van der Waals surface area (Å²) in [6, 6.07) is 7.59. The number of piperidine rings is 1.